The van der Waals surface area contributed by atoms with Crippen molar-refractivity contribution in [2.45, 2.75) is 19.4 Å². The Balaban J connectivity index is 1.79. The molecule has 2 heterocycles. The van der Waals surface area contributed by atoms with Crippen LogP contribution in [0.3, 0.4) is 0 Å². The van der Waals surface area contributed by atoms with Crippen LogP contribution < -0.4 is 0 Å². The lowest BCUT2D eigenvalue weighted by Gasteiger charge is -2.25. The highest BCUT2D eigenvalue weighted by molar-refractivity contribution is 7.91. The van der Waals surface area contributed by atoms with Crippen LogP contribution in [-0.4, -0.2) is 42.8 Å². The number of amides is 1. The van der Waals surface area contributed by atoms with Crippen molar-refractivity contribution in [2.24, 2.45) is 5.92 Å². The summed E-state index contributed by atoms with van der Waals surface area (Å²) in [7, 11) is -1.32. The zero-order valence-electron chi connectivity index (χ0n) is 12.5. The van der Waals surface area contributed by atoms with E-state index in [0.717, 1.165) is 15.2 Å². The van der Waals surface area contributed by atoms with Crippen molar-refractivity contribution >= 4 is 37.3 Å². The molecule has 1 aliphatic rings. The molecule has 2 aromatic rings. The molecule has 1 aromatic carbocycles. The lowest BCUT2D eigenvalue weighted by atomic mass is 10.1. The second kappa shape index (κ2) is 5.62. The van der Waals surface area contributed by atoms with Gasteiger partial charge in [0.15, 0.2) is 9.84 Å². The van der Waals surface area contributed by atoms with Gasteiger partial charge in [-0.1, -0.05) is 12.1 Å². The Morgan fingerprint density at radius 3 is 2.77 bits per heavy atom. The molecular weight excluding hydrogens is 320 g/mol. The van der Waals surface area contributed by atoms with Crippen molar-refractivity contribution in [3.8, 4) is 0 Å². The lowest BCUT2D eigenvalue weighted by molar-refractivity contribution is -0.135. The van der Waals surface area contributed by atoms with Gasteiger partial charge in [-0.05, 0) is 25.5 Å². The molecule has 1 aromatic heterocycles. The van der Waals surface area contributed by atoms with Gasteiger partial charge in [0.05, 0.1) is 33.7 Å². The van der Waals surface area contributed by atoms with E-state index in [-0.39, 0.29) is 23.5 Å². The number of carbonyl (C=O) groups is 1. The van der Waals surface area contributed by atoms with Crippen LogP contribution >= 0.6 is 11.3 Å². The fraction of sp³-hybridized carbons (Fsp3) is 0.467. The Morgan fingerprint density at radius 2 is 2.14 bits per heavy atom. The summed E-state index contributed by atoms with van der Waals surface area (Å²) >= 11 is 1.57. The van der Waals surface area contributed by atoms with Crippen LogP contribution in [0.4, 0.5) is 0 Å². The first-order chi connectivity index (χ1) is 10.4. The molecule has 0 aliphatic carbocycles. The van der Waals surface area contributed by atoms with E-state index in [1.54, 1.807) is 23.3 Å². The average molecular weight is 338 g/mol. The van der Waals surface area contributed by atoms with Gasteiger partial charge in [-0.3, -0.25) is 4.79 Å². The molecule has 2 atom stereocenters. The lowest BCUT2D eigenvalue weighted by Crippen LogP contribution is -2.35. The number of para-hydroxylation sites is 1. The third-order valence-electron chi connectivity index (χ3n) is 4.18. The van der Waals surface area contributed by atoms with Crippen molar-refractivity contribution in [3.05, 3.63) is 29.3 Å². The molecule has 0 spiro atoms. The van der Waals surface area contributed by atoms with E-state index in [2.05, 4.69) is 4.98 Å². The van der Waals surface area contributed by atoms with Crippen LogP contribution in [0.25, 0.3) is 10.2 Å². The minimum Gasteiger partial charge on any atom is -0.336 e. The largest absolute Gasteiger partial charge is 0.336 e. The number of benzene rings is 1. The number of hydrogen-bond acceptors (Lipinski definition) is 5. The summed E-state index contributed by atoms with van der Waals surface area (Å²) < 4.78 is 24.2. The van der Waals surface area contributed by atoms with Crippen LogP contribution in [-0.2, 0) is 14.6 Å². The molecule has 3 rings (SSSR count). The first kappa shape index (κ1) is 15.4. The van der Waals surface area contributed by atoms with E-state index in [1.165, 1.54) is 0 Å². The van der Waals surface area contributed by atoms with Gasteiger partial charge < -0.3 is 4.90 Å². The van der Waals surface area contributed by atoms with Crippen LogP contribution in [0.5, 0.6) is 0 Å². The van der Waals surface area contributed by atoms with E-state index < -0.39 is 15.8 Å². The predicted octanol–water partition coefficient (Wildman–Crippen LogP) is 2.25. The average Bonchev–Trinajstić information content (AvgIpc) is 3.07. The SMILES string of the molecule is C[C@@H](c1nc2ccccc2s1)N(C)C(=O)[C@H]1CCS(=O)(=O)C1. The Kier molecular flexibility index (Phi) is 3.94. The van der Waals surface area contributed by atoms with Crippen molar-refractivity contribution in [1.82, 2.24) is 9.88 Å². The summed E-state index contributed by atoms with van der Waals surface area (Å²) in [5.41, 5.74) is 0.929. The smallest absolute Gasteiger partial charge is 0.227 e. The van der Waals surface area contributed by atoms with Gasteiger partial charge in [0.25, 0.3) is 0 Å². The highest BCUT2D eigenvalue weighted by Gasteiger charge is 2.36. The van der Waals surface area contributed by atoms with E-state index in [1.807, 2.05) is 31.2 Å². The van der Waals surface area contributed by atoms with Gasteiger partial charge in [0, 0.05) is 7.05 Å². The maximum Gasteiger partial charge on any atom is 0.227 e. The summed E-state index contributed by atoms with van der Waals surface area (Å²) in [6, 6.07) is 7.71. The second-order valence-corrected chi connectivity index (χ2v) is 9.04. The first-order valence-corrected chi connectivity index (χ1v) is 9.84. The summed E-state index contributed by atoms with van der Waals surface area (Å²) in [6.45, 7) is 1.93. The molecule has 1 aliphatic heterocycles. The minimum atomic E-state index is -3.05. The molecule has 0 radical (unpaired) electrons. The first-order valence-electron chi connectivity index (χ1n) is 7.20. The van der Waals surface area contributed by atoms with E-state index in [0.29, 0.717) is 6.42 Å². The summed E-state index contributed by atoms with van der Waals surface area (Å²) in [5, 5.41) is 0.873. The molecule has 22 heavy (non-hydrogen) atoms. The molecule has 1 fully saturated rings. The number of carbonyl (C=O) groups excluding carboxylic acids is 1. The van der Waals surface area contributed by atoms with E-state index in [4.69, 9.17) is 0 Å². The van der Waals surface area contributed by atoms with Gasteiger partial charge in [-0.15, -0.1) is 11.3 Å². The molecule has 118 valence electrons. The fourth-order valence-corrected chi connectivity index (χ4v) is 5.50. The standard InChI is InChI=1S/C15H18N2O3S2/c1-10(14-16-12-5-3-4-6-13(12)21-14)17(2)15(18)11-7-8-22(19,20)9-11/h3-6,10-11H,7-9H2,1-2H3/t10-,11-/m0/s1. The van der Waals surface area contributed by atoms with E-state index >= 15 is 0 Å². The molecule has 7 heteroatoms. The number of fused-ring (bicyclic) bond motifs is 1. The highest BCUT2D eigenvalue weighted by atomic mass is 32.2. The molecule has 0 saturated carbocycles. The molecule has 5 nitrogen and oxygen atoms in total. The molecule has 1 amide bonds. The van der Waals surface area contributed by atoms with Crippen LogP contribution in [0.2, 0.25) is 0 Å². The number of rotatable bonds is 3. The van der Waals surface area contributed by atoms with Gasteiger partial charge in [0.2, 0.25) is 5.91 Å². The zero-order valence-corrected chi connectivity index (χ0v) is 14.2. The normalized spacial score (nSPS) is 21.8. The Hall–Kier alpha value is -1.47. The number of thiazole rings is 1. The molecule has 0 N–H and O–H groups in total. The summed E-state index contributed by atoms with van der Waals surface area (Å²) in [6.07, 6.45) is 0.429. The van der Waals surface area contributed by atoms with Crippen molar-refractivity contribution in [2.75, 3.05) is 18.6 Å². The van der Waals surface area contributed by atoms with Crippen molar-refractivity contribution in [3.63, 3.8) is 0 Å². The fourth-order valence-electron chi connectivity index (χ4n) is 2.70. The van der Waals surface area contributed by atoms with Gasteiger partial charge in [0.1, 0.15) is 5.01 Å². The van der Waals surface area contributed by atoms with Crippen molar-refractivity contribution < 1.29 is 13.2 Å². The Bertz CT molecular complexity index is 780. The highest BCUT2D eigenvalue weighted by Crippen LogP contribution is 2.30. The maximum atomic E-state index is 12.5. The van der Waals surface area contributed by atoms with Gasteiger partial charge >= 0.3 is 0 Å². The van der Waals surface area contributed by atoms with Crippen LogP contribution in [0, 0.1) is 5.92 Å². The third-order valence-corrected chi connectivity index (χ3v) is 7.15. The van der Waals surface area contributed by atoms with Gasteiger partial charge in [-0.2, -0.15) is 0 Å². The van der Waals surface area contributed by atoms with Crippen LogP contribution in [0.1, 0.15) is 24.4 Å². The number of sulfone groups is 1. The maximum absolute atomic E-state index is 12.5. The number of hydrogen-bond donors (Lipinski definition) is 0. The third kappa shape index (κ3) is 2.87. The zero-order chi connectivity index (χ0) is 15.9. The molecule has 1 saturated heterocycles. The van der Waals surface area contributed by atoms with E-state index in [9.17, 15) is 13.2 Å². The predicted molar refractivity (Wildman–Crippen MR) is 87.6 cm³/mol. The topological polar surface area (TPSA) is 67.3 Å². The minimum absolute atomic E-state index is 0.0251. The monoisotopic (exact) mass is 338 g/mol. The van der Waals surface area contributed by atoms with Gasteiger partial charge in [-0.25, -0.2) is 13.4 Å². The number of nitrogens with zero attached hydrogens (tertiary/aromatic N) is 2. The summed E-state index contributed by atoms with van der Waals surface area (Å²) in [5.74, 6) is -0.421. The quantitative estimate of drug-likeness (QED) is 0.861. The molecule has 0 bridgehead atoms. The van der Waals surface area contributed by atoms with Crippen molar-refractivity contribution in [1.29, 1.82) is 0 Å². The second-order valence-electron chi connectivity index (χ2n) is 5.74. The Labute approximate surface area is 133 Å². The Morgan fingerprint density at radius 1 is 1.41 bits per heavy atom. The summed E-state index contributed by atoms with van der Waals surface area (Å²) in [4.78, 5) is 18.7. The number of aromatic nitrogens is 1. The molecule has 0 unspecified atom stereocenters. The van der Waals surface area contributed by atoms with Crippen LogP contribution in [0.15, 0.2) is 24.3 Å². The molecular formula is C15H18N2O3S2.